The first-order chi connectivity index (χ1) is 28.5. The summed E-state index contributed by atoms with van der Waals surface area (Å²) in [5.74, 6) is -0.0958. The van der Waals surface area contributed by atoms with E-state index in [1.807, 2.05) is 6.08 Å². The summed E-state index contributed by atoms with van der Waals surface area (Å²) in [5.41, 5.74) is 0. The van der Waals surface area contributed by atoms with E-state index < -0.39 is 12.1 Å². The van der Waals surface area contributed by atoms with Gasteiger partial charge in [0.1, 0.15) is 0 Å². The number of aliphatic hydroxyl groups is 2. The average molecular weight is 816 g/mol. The Morgan fingerprint density at radius 3 is 1.26 bits per heavy atom. The van der Waals surface area contributed by atoms with E-state index in [-0.39, 0.29) is 18.5 Å². The highest BCUT2D eigenvalue weighted by atomic mass is 16.5. The number of hydrogen-bond donors (Lipinski definition) is 3. The zero-order valence-electron chi connectivity index (χ0n) is 38.5. The predicted octanol–water partition coefficient (Wildman–Crippen LogP) is 14.9. The molecule has 0 saturated carbocycles. The van der Waals surface area contributed by atoms with E-state index in [1.54, 1.807) is 6.08 Å². The van der Waals surface area contributed by atoms with Crippen LogP contribution in [-0.2, 0) is 14.3 Å². The van der Waals surface area contributed by atoms with Gasteiger partial charge in [-0.15, -0.1) is 0 Å². The van der Waals surface area contributed by atoms with Gasteiger partial charge in [-0.25, -0.2) is 0 Å². The number of carbonyl (C=O) groups excluding carboxylic acids is 2. The molecule has 340 valence electrons. The second-order valence-electron chi connectivity index (χ2n) is 17.1. The number of hydrogen-bond acceptors (Lipinski definition) is 5. The van der Waals surface area contributed by atoms with Gasteiger partial charge >= 0.3 is 5.97 Å². The van der Waals surface area contributed by atoms with Crippen LogP contribution in [0.1, 0.15) is 258 Å². The fraction of sp³-hybridized carbons (Fsp3) is 0.846. The van der Waals surface area contributed by atoms with Crippen LogP contribution in [0.2, 0.25) is 0 Å². The maximum absolute atomic E-state index is 12.4. The molecule has 0 aliphatic carbocycles. The lowest BCUT2D eigenvalue weighted by atomic mass is 10.1. The van der Waals surface area contributed by atoms with Crippen molar-refractivity contribution in [2.45, 2.75) is 270 Å². The van der Waals surface area contributed by atoms with E-state index in [2.05, 4.69) is 43.5 Å². The highest BCUT2D eigenvalue weighted by Gasteiger charge is 2.18. The van der Waals surface area contributed by atoms with Crippen LogP contribution >= 0.6 is 0 Å². The summed E-state index contributed by atoms with van der Waals surface area (Å²) in [7, 11) is 0. The zero-order chi connectivity index (χ0) is 42.3. The number of ether oxygens (including phenoxy) is 1. The molecule has 2 unspecified atom stereocenters. The molecule has 0 heterocycles. The Labute approximate surface area is 360 Å². The van der Waals surface area contributed by atoms with Crippen LogP contribution in [0.15, 0.2) is 36.5 Å². The Hall–Kier alpha value is -1.92. The number of nitrogens with one attached hydrogen (secondary N) is 1. The molecule has 1 amide bonds. The molecule has 0 rings (SSSR count). The van der Waals surface area contributed by atoms with Crippen molar-refractivity contribution < 1.29 is 24.5 Å². The van der Waals surface area contributed by atoms with Crippen LogP contribution in [-0.4, -0.2) is 47.4 Å². The third kappa shape index (κ3) is 43.7. The minimum absolute atomic E-state index is 0.0137. The average Bonchev–Trinajstić information content (AvgIpc) is 3.22. The van der Waals surface area contributed by atoms with Crippen LogP contribution in [0.3, 0.4) is 0 Å². The first kappa shape index (κ1) is 56.1. The maximum atomic E-state index is 12.4. The summed E-state index contributed by atoms with van der Waals surface area (Å²) >= 11 is 0. The van der Waals surface area contributed by atoms with Gasteiger partial charge in [0.2, 0.25) is 5.91 Å². The normalized spacial score (nSPS) is 13.0. The Morgan fingerprint density at radius 1 is 0.466 bits per heavy atom. The second kappa shape index (κ2) is 47.8. The molecule has 0 radical (unpaired) electrons. The van der Waals surface area contributed by atoms with Crippen molar-refractivity contribution in [1.29, 1.82) is 0 Å². The minimum Gasteiger partial charge on any atom is -0.466 e. The van der Waals surface area contributed by atoms with Crippen LogP contribution in [0.4, 0.5) is 0 Å². The Kier molecular flexibility index (Phi) is 46.2. The number of carbonyl (C=O) groups is 2. The van der Waals surface area contributed by atoms with Crippen molar-refractivity contribution in [1.82, 2.24) is 5.32 Å². The third-order valence-electron chi connectivity index (χ3n) is 11.4. The van der Waals surface area contributed by atoms with Crippen molar-refractivity contribution in [3.05, 3.63) is 36.5 Å². The van der Waals surface area contributed by atoms with Gasteiger partial charge in [-0.05, 0) is 83.5 Å². The molecule has 58 heavy (non-hydrogen) atoms. The highest BCUT2D eigenvalue weighted by Crippen LogP contribution is 2.14. The lowest BCUT2D eigenvalue weighted by molar-refractivity contribution is -0.143. The number of amides is 1. The number of esters is 1. The molecule has 6 heteroatoms. The Morgan fingerprint density at radius 2 is 0.810 bits per heavy atom. The number of aliphatic hydroxyl groups excluding tert-OH is 2. The largest absolute Gasteiger partial charge is 0.466 e. The smallest absolute Gasteiger partial charge is 0.305 e. The summed E-state index contributed by atoms with van der Waals surface area (Å²) in [6.07, 6.45) is 57.1. The van der Waals surface area contributed by atoms with Gasteiger partial charge in [0.15, 0.2) is 0 Å². The van der Waals surface area contributed by atoms with E-state index in [4.69, 9.17) is 4.74 Å². The molecule has 0 aliphatic rings. The molecule has 0 aromatic carbocycles. The fourth-order valence-electron chi connectivity index (χ4n) is 7.44. The fourth-order valence-corrected chi connectivity index (χ4v) is 7.44. The first-order valence-electron chi connectivity index (χ1n) is 25.3. The molecular weight excluding hydrogens is 719 g/mol. The molecule has 6 nitrogen and oxygen atoms in total. The molecule has 0 saturated heterocycles. The monoisotopic (exact) mass is 816 g/mol. The molecular formula is C52H97NO5. The van der Waals surface area contributed by atoms with Crippen molar-refractivity contribution in [3.8, 4) is 0 Å². The van der Waals surface area contributed by atoms with Gasteiger partial charge in [-0.3, -0.25) is 9.59 Å². The Bertz CT molecular complexity index is 946. The summed E-state index contributed by atoms with van der Waals surface area (Å²) in [6.45, 7) is 4.83. The second-order valence-corrected chi connectivity index (χ2v) is 17.1. The van der Waals surface area contributed by atoms with Gasteiger partial charge in [-0.1, -0.05) is 198 Å². The maximum Gasteiger partial charge on any atom is 0.305 e. The van der Waals surface area contributed by atoms with E-state index >= 15 is 0 Å². The van der Waals surface area contributed by atoms with Gasteiger partial charge in [0.05, 0.1) is 25.4 Å². The SMILES string of the molecule is CCCCC/C=C\CCCCCCCC(=O)OCCCCCCCC/C=C\CCCCCCCCCC(=O)NC(CO)C(O)/C=C/CCCCCCCCCCCC. The lowest BCUT2D eigenvalue weighted by Crippen LogP contribution is -2.45. The topological polar surface area (TPSA) is 95.9 Å². The first-order valence-corrected chi connectivity index (χ1v) is 25.3. The number of allylic oxidation sites excluding steroid dienone is 5. The van der Waals surface area contributed by atoms with Gasteiger partial charge in [-0.2, -0.15) is 0 Å². The molecule has 3 N–H and O–H groups in total. The Balaban J connectivity index is 3.50. The number of rotatable bonds is 46. The summed E-state index contributed by atoms with van der Waals surface area (Å²) in [4.78, 5) is 24.4. The standard InChI is InChI=1S/C52H97NO5/c1-3-5-7-9-11-13-15-24-28-32-36-40-44-50(55)49(48-54)53-51(56)45-41-37-33-29-25-22-20-18-17-19-21-23-27-31-35-39-43-47-58-52(57)46-42-38-34-30-26-16-14-12-10-8-6-4-2/h12,14,17,19,40,44,49-50,54-55H,3-11,13,15-16,18,20-39,41-43,45-48H2,1-2H3,(H,53,56)/b14-12-,19-17-,44-40+. The van der Waals surface area contributed by atoms with Crippen LogP contribution in [0, 0.1) is 0 Å². The van der Waals surface area contributed by atoms with Gasteiger partial charge in [0, 0.05) is 12.8 Å². The van der Waals surface area contributed by atoms with Gasteiger partial charge < -0.3 is 20.3 Å². The van der Waals surface area contributed by atoms with Crippen molar-refractivity contribution in [3.63, 3.8) is 0 Å². The molecule has 0 aromatic rings. The molecule has 2 atom stereocenters. The lowest BCUT2D eigenvalue weighted by Gasteiger charge is -2.20. The quantitative estimate of drug-likeness (QED) is 0.0323. The molecule has 0 fully saturated rings. The summed E-state index contributed by atoms with van der Waals surface area (Å²) in [6, 6.07) is -0.636. The molecule has 0 aliphatic heterocycles. The third-order valence-corrected chi connectivity index (χ3v) is 11.4. The van der Waals surface area contributed by atoms with Crippen molar-refractivity contribution >= 4 is 11.9 Å². The summed E-state index contributed by atoms with van der Waals surface area (Å²) in [5, 5.41) is 23.0. The van der Waals surface area contributed by atoms with Crippen LogP contribution in [0.25, 0.3) is 0 Å². The minimum atomic E-state index is -0.851. The summed E-state index contributed by atoms with van der Waals surface area (Å²) < 4.78 is 5.44. The zero-order valence-corrected chi connectivity index (χ0v) is 38.5. The van der Waals surface area contributed by atoms with Crippen molar-refractivity contribution in [2.24, 2.45) is 0 Å². The molecule has 0 aromatic heterocycles. The van der Waals surface area contributed by atoms with E-state index in [1.165, 1.54) is 173 Å². The van der Waals surface area contributed by atoms with Gasteiger partial charge in [0.25, 0.3) is 0 Å². The molecule has 0 spiro atoms. The van der Waals surface area contributed by atoms with Crippen molar-refractivity contribution in [2.75, 3.05) is 13.2 Å². The van der Waals surface area contributed by atoms with E-state index in [9.17, 15) is 19.8 Å². The van der Waals surface area contributed by atoms with E-state index in [0.29, 0.717) is 19.4 Å². The van der Waals surface area contributed by atoms with E-state index in [0.717, 1.165) is 57.8 Å². The number of unbranched alkanes of at least 4 members (excludes halogenated alkanes) is 31. The van der Waals surface area contributed by atoms with Crippen LogP contribution in [0.5, 0.6) is 0 Å². The molecule has 0 bridgehead atoms. The predicted molar refractivity (Wildman–Crippen MR) is 250 cm³/mol. The van der Waals surface area contributed by atoms with Crippen LogP contribution < -0.4 is 5.32 Å². The highest BCUT2D eigenvalue weighted by molar-refractivity contribution is 5.76.